The van der Waals surface area contributed by atoms with E-state index in [9.17, 15) is 4.79 Å². The first-order chi connectivity index (χ1) is 6.24. The number of aromatic carboxylic acids is 1. The molecule has 0 atom stereocenters. The lowest BCUT2D eigenvalue weighted by Gasteiger charge is -1.96. The summed E-state index contributed by atoms with van der Waals surface area (Å²) < 4.78 is 0. The van der Waals surface area contributed by atoms with Gasteiger partial charge in [0.1, 0.15) is 0 Å². The highest BCUT2D eigenvalue weighted by Gasteiger charge is 2.05. The Balaban J connectivity index is 2.49. The minimum Gasteiger partial charge on any atom is -0.478 e. The molecule has 1 aromatic rings. The Bertz CT molecular complexity index is 306. The molecule has 2 N–H and O–H groups in total. The maximum absolute atomic E-state index is 10.5. The molecule has 0 spiro atoms. The van der Waals surface area contributed by atoms with Gasteiger partial charge in [0.2, 0.25) is 0 Å². The number of thiophene rings is 1. The van der Waals surface area contributed by atoms with Crippen molar-refractivity contribution in [3.05, 3.63) is 34.5 Å². The highest BCUT2D eigenvalue weighted by molar-refractivity contribution is 7.10. The molecule has 70 valence electrons. The second-order valence-electron chi connectivity index (χ2n) is 2.53. The van der Waals surface area contributed by atoms with Crippen molar-refractivity contribution in [2.75, 3.05) is 6.54 Å². The van der Waals surface area contributed by atoms with Crippen LogP contribution in [0.3, 0.4) is 0 Å². The third-order valence-corrected chi connectivity index (χ3v) is 2.43. The predicted molar refractivity (Wildman–Crippen MR) is 53.2 cm³/mol. The van der Waals surface area contributed by atoms with E-state index in [4.69, 9.17) is 5.11 Å². The fourth-order valence-corrected chi connectivity index (χ4v) is 1.71. The van der Waals surface area contributed by atoms with Crippen LogP contribution >= 0.6 is 11.3 Å². The van der Waals surface area contributed by atoms with Crippen molar-refractivity contribution in [1.82, 2.24) is 5.32 Å². The Morgan fingerprint density at radius 2 is 2.54 bits per heavy atom. The van der Waals surface area contributed by atoms with Gasteiger partial charge in [-0.25, -0.2) is 4.79 Å². The van der Waals surface area contributed by atoms with Crippen molar-refractivity contribution in [2.45, 2.75) is 6.54 Å². The van der Waals surface area contributed by atoms with E-state index in [-0.39, 0.29) is 0 Å². The molecule has 3 nitrogen and oxygen atoms in total. The third kappa shape index (κ3) is 3.01. The predicted octanol–water partition coefficient (Wildman–Crippen LogP) is 1.72. The van der Waals surface area contributed by atoms with Crippen LogP contribution in [-0.2, 0) is 6.54 Å². The van der Waals surface area contributed by atoms with Gasteiger partial charge < -0.3 is 10.4 Å². The van der Waals surface area contributed by atoms with Crippen LogP contribution in [0.5, 0.6) is 0 Å². The summed E-state index contributed by atoms with van der Waals surface area (Å²) in [4.78, 5) is 11.5. The number of carboxylic acid groups (broad SMARTS) is 1. The van der Waals surface area contributed by atoms with Gasteiger partial charge in [-0.2, -0.15) is 0 Å². The van der Waals surface area contributed by atoms with Crippen molar-refractivity contribution in [3.8, 4) is 0 Å². The van der Waals surface area contributed by atoms with E-state index in [0.717, 1.165) is 11.4 Å². The molecule has 13 heavy (non-hydrogen) atoms. The van der Waals surface area contributed by atoms with E-state index < -0.39 is 5.97 Å². The SMILES string of the molecule is C=CCNCc1cc(C(=O)O)cs1. The molecule has 1 rings (SSSR count). The summed E-state index contributed by atoms with van der Waals surface area (Å²) in [6, 6.07) is 1.68. The van der Waals surface area contributed by atoms with Crippen LogP contribution in [0.1, 0.15) is 15.2 Å². The number of carbonyl (C=O) groups is 1. The molecule has 0 amide bonds. The van der Waals surface area contributed by atoms with E-state index in [1.165, 1.54) is 11.3 Å². The lowest BCUT2D eigenvalue weighted by atomic mass is 10.3. The zero-order valence-corrected chi connectivity index (χ0v) is 7.93. The average Bonchev–Trinajstić information content (AvgIpc) is 2.53. The zero-order valence-electron chi connectivity index (χ0n) is 7.12. The Kier molecular flexibility index (Phi) is 3.67. The van der Waals surface area contributed by atoms with Gasteiger partial charge in [0, 0.05) is 23.3 Å². The molecule has 4 heteroatoms. The standard InChI is InChI=1S/C9H11NO2S/c1-2-3-10-5-8-4-7(6-13-8)9(11)12/h2,4,6,10H,1,3,5H2,(H,11,12). The minimum atomic E-state index is -0.869. The third-order valence-electron chi connectivity index (χ3n) is 1.49. The summed E-state index contributed by atoms with van der Waals surface area (Å²) >= 11 is 1.45. The molecule has 0 saturated carbocycles. The summed E-state index contributed by atoms with van der Waals surface area (Å²) in [7, 11) is 0. The molecule has 0 bridgehead atoms. The molecule has 0 fully saturated rings. The highest BCUT2D eigenvalue weighted by Crippen LogP contribution is 2.14. The molecule has 1 heterocycles. The first kappa shape index (κ1) is 9.95. The number of hydrogen-bond acceptors (Lipinski definition) is 3. The van der Waals surface area contributed by atoms with E-state index in [2.05, 4.69) is 11.9 Å². The van der Waals surface area contributed by atoms with Crippen LogP contribution in [0.2, 0.25) is 0 Å². The van der Waals surface area contributed by atoms with Gasteiger partial charge in [0.25, 0.3) is 0 Å². The van der Waals surface area contributed by atoms with Crippen LogP contribution < -0.4 is 5.32 Å². The van der Waals surface area contributed by atoms with Gasteiger partial charge in [-0.1, -0.05) is 6.08 Å². The van der Waals surface area contributed by atoms with Gasteiger partial charge in [-0.3, -0.25) is 0 Å². The zero-order chi connectivity index (χ0) is 9.68. The number of hydrogen-bond donors (Lipinski definition) is 2. The summed E-state index contributed by atoms with van der Waals surface area (Å²) in [6.45, 7) is 5.01. The summed E-state index contributed by atoms with van der Waals surface area (Å²) in [5, 5.41) is 13.4. The molecule has 1 aromatic heterocycles. The molecule has 0 aromatic carbocycles. The number of rotatable bonds is 5. The van der Waals surface area contributed by atoms with Crippen LogP contribution in [0.15, 0.2) is 24.1 Å². The fraction of sp³-hybridized carbons (Fsp3) is 0.222. The largest absolute Gasteiger partial charge is 0.478 e. The first-order valence-corrected chi connectivity index (χ1v) is 4.74. The lowest BCUT2D eigenvalue weighted by molar-refractivity contribution is 0.0697. The van der Waals surface area contributed by atoms with E-state index in [1.807, 2.05) is 0 Å². The van der Waals surface area contributed by atoms with Gasteiger partial charge in [0.05, 0.1) is 5.56 Å². The molecular formula is C9H11NO2S. The van der Waals surface area contributed by atoms with Crippen LogP contribution in [-0.4, -0.2) is 17.6 Å². The maximum atomic E-state index is 10.5. The maximum Gasteiger partial charge on any atom is 0.336 e. The number of nitrogens with one attached hydrogen (secondary N) is 1. The second-order valence-corrected chi connectivity index (χ2v) is 3.52. The molecule has 0 aliphatic rings. The topological polar surface area (TPSA) is 49.3 Å². The second kappa shape index (κ2) is 4.79. The summed E-state index contributed by atoms with van der Waals surface area (Å²) in [6.07, 6.45) is 1.77. The van der Waals surface area contributed by atoms with Gasteiger partial charge in [0.15, 0.2) is 0 Å². The van der Waals surface area contributed by atoms with Crippen LogP contribution in [0, 0.1) is 0 Å². The molecule has 0 saturated heterocycles. The average molecular weight is 197 g/mol. The highest BCUT2D eigenvalue weighted by atomic mass is 32.1. The lowest BCUT2D eigenvalue weighted by Crippen LogP contribution is -2.11. The molecule has 0 radical (unpaired) electrons. The fourth-order valence-electron chi connectivity index (χ4n) is 0.883. The van der Waals surface area contributed by atoms with Crippen molar-refractivity contribution in [1.29, 1.82) is 0 Å². The van der Waals surface area contributed by atoms with E-state index in [1.54, 1.807) is 17.5 Å². The quantitative estimate of drug-likeness (QED) is 0.558. The van der Waals surface area contributed by atoms with Gasteiger partial charge in [-0.15, -0.1) is 17.9 Å². The molecule has 0 aliphatic heterocycles. The van der Waals surface area contributed by atoms with Crippen molar-refractivity contribution in [3.63, 3.8) is 0 Å². The van der Waals surface area contributed by atoms with E-state index >= 15 is 0 Å². The minimum absolute atomic E-state index is 0.361. The first-order valence-electron chi connectivity index (χ1n) is 3.86. The van der Waals surface area contributed by atoms with Gasteiger partial charge in [-0.05, 0) is 6.07 Å². The van der Waals surface area contributed by atoms with Crippen molar-refractivity contribution in [2.24, 2.45) is 0 Å². The van der Waals surface area contributed by atoms with Gasteiger partial charge >= 0.3 is 5.97 Å². The molecule has 0 unspecified atom stereocenters. The smallest absolute Gasteiger partial charge is 0.336 e. The Morgan fingerprint density at radius 3 is 3.08 bits per heavy atom. The monoisotopic (exact) mass is 197 g/mol. The molecular weight excluding hydrogens is 186 g/mol. The summed E-state index contributed by atoms with van der Waals surface area (Å²) in [5.41, 5.74) is 0.361. The number of carboxylic acids is 1. The Hall–Kier alpha value is -1.13. The normalized spacial score (nSPS) is 9.85. The Morgan fingerprint density at radius 1 is 1.77 bits per heavy atom. The summed E-state index contributed by atoms with van der Waals surface area (Å²) in [5.74, 6) is -0.869. The molecule has 0 aliphatic carbocycles. The van der Waals surface area contributed by atoms with Crippen molar-refractivity contribution >= 4 is 17.3 Å². The Labute approximate surface area is 80.7 Å². The van der Waals surface area contributed by atoms with Crippen LogP contribution in [0.25, 0.3) is 0 Å². The van der Waals surface area contributed by atoms with Crippen molar-refractivity contribution < 1.29 is 9.90 Å². The van der Waals surface area contributed by atoms with E-state index in [0.29, 0.717) is 12.1 Å². The van der Waals surface area contributed by atoms with Crippen LogP contribution in [0.4, 0.5) is 0 Å².